The van der Waals surface area contributed by atoms with Gasteiger partial charge in [-0.05, 0) is 24.1 Å². The fourth-order valence-electron chi connectivity index (χ4n) is 3.07. The number of thiazole rings is 1. The summed E-state index contributed by atoms with van der Waals surface area (Å²) in [4.78, 5) is 30.1. The molecule has 1 aliphatic rings. The molecule has 136 valence electrons. The van der Waals surface area contributed by atoms with Crippen LogP contribution >= 0.6 is 11.3 Å². The van der Waals surface area contributed by atoms with Gasteiger partial charge in [-0.1, -0.05) is 48.0 Å². The quantitative estimate of drug-likeness (QED) is 0.702. The number of anilines is 1. The Morgan fingerprint density at radius 1 is 1.26 bits per heavy atom. The van der Waals surface area contributed by atoms with Crippen LogP contribution in [-0.4, -0.2) is 23.0 Å². The summed E-state index contributed by atoms with van der Waals surface area (Å²) >= 11 is 1.42. The highest BCUT2D eigenvalue weighted by atomic mass is 32.1. The Morgan fingerprint density at radius 3 is 2.89 bits per heavy atom. The highest BCUT2D eigenvalue weighted by molar-refractivity contribution is 7.15. The number of aryl methyl sites for hydroxylation is 1. The number of fused-ring (bicyclic) bond motifs is 1. The molecule has 2 aromatic carbocycles. The van der Waals surface area contributed by atoms with Crippen LogP contribution in [0.25, 0.3) is 0 Å². The molecule has 0 bridgehead atoms. The molecule has 0 radical (unpaired) electrons. The molecule has 1 aromatic heterocycles. The summed E-state index contributed by atoms with van der Waals surface area (Å²) < 4.78 is 5.33. The van der Waals surface area contributed by atoms with Crippen LogP contribution in [-0.2, 0) is 22.4 Å². The van der Waals surface area contributed by atoms with E-state index in [1.54, 1.807) is 12.3 Å². The standard InChI is InChI=1S/C21H18N2O3S/c1-13-7-8-15-11-18(26-20(25)17(15)9-13)19(24)23-21-22-12-16(27-21)10-14-5-3-2-4-6-14/h2-9,12,18H,10-11H2,1H3,(H,22,23,24)/t18-/m1/s1. The predicted molar refractivity (Wildman–Crippen MR) is 104 cm³/mol. The van der Waals surface area contributed by atoms with E-state index >= 15 is 0 Å². The Hall–Kier alpha value is -2.99. The van der Waals surface area contributed by atoms with Gasteiger partial charge in [0.15, 0.2) is 11.2 Å². The number of hydrogen-bond donors (Lipinski definition) is 1. The van der Waals surface area contributed by atoms with Gasteiger partial charge >= 0.3 is 5.97 Å². The number of nitrogens with one attached hydrogen (secondary N) is 1. The van der Waals surface area contributed by atoms with Gasteiger partial charge in [0.05, 0.1) is 5.56 Å². The van der Waals surface area contributed by atoms with Crippen LogP contribution < -0.4 is 5.32 Å². The number of carbonyl (C=O) groups excluding carboxylic acids is 2. The summed E-state index contributed by atoms with van der Waals surface area (Å²) in [5.74, 6) is -0.806. The minimum absolute atomic E-state index is 0.352. The first-order valence-corrected chi connectivity index (χ1v) is 9.50. The molecule has 1 aliphatic heterocycles. The summed E-state index contributed by atoms with van der Waals surface area (Å²) in [5.41, 5.74) is 3.55. The van der Waals surface area contributed by atoms with Crippen LogP contribution in [0.3, 0.4) is 0 Å². The number of nitrogens with zero attached hydrogens (tertiary/aromatic N) is 1. The number of benzene rings is 2. The van der Waals surface area contributed by atoms with E-state index in [0.29, 0.717) is 17.1 Å². The maximum Gasteiger partial charge on any atom is 0.339 e. The molecular weight excluding hydrogens is 360 g/mol. The zero-order chi connectivity index (χ0) is 18.8. The third kappa shape index (κ3) is 3.90. The Bertz CT molecular complexity index is 998. The van der Waals surface area contributed by atoms with Crippen LogP contribution in [0.2, 0.25) is 0 Å². The molecular formula is C21H18N2O3S. The average Bonchev–Trinajstić information content (AvgIpc) is 3.09. The summed E-state index contributed by atoms with van der Waals surface area (Å²) in [6, 6.07) is 15.7. The van der Waals surface area contributed by atoms with Crippen LogP contribution in [0.1, 0.15) is 31.9 Å². The fourth-order valence-corrected chi connectivity index (χ4v) is 3.92. The second-order valence-electron chi connectivity index (χ2n) is 6.54. The Labute approximate surface area is 161 Å². The molecule has 4 rings (SSSR count). The van der Waals surface area contributed by atoms with Crippen molar-refractivity contribution in [2.24, 2.45) is 0 Å². The van der Waals surface area contributed by atoms with E-state index in [1.165, 1.54) is 16.9 Å². The van der Waals surface area contributed by atoms with Crippen molar-refractivity contribution in [3.63, 3.8) is 0 Å². The Kier molecular flexibility index (Phi) is 4.73. The minimum atomic E-state index is -0.839. The van der Waals surface area contributed by atoms with Gasteiger partial charge in [-0.15, -0.1) is 11.3 Å². The molecule has 2 heterocycles. The number of rotatable bonds is 4. The van der Waals surface area contributed by atoms with E-state index in [1.807, 2.05) is 37.3 Å². The van der Waals surface area contributed by atoms with Crippen molar-refractivity contribution < 1.29 is 14.3 Å². The van der Waals surface area contributed by atoms with Crippen LogP contribution in [0.15, 0.2) is 54.7 Å². The normalized spacial score (nSPS) is 15.7. The second kappa shape index (κ2) is 7.32. The lowest BCUT2D eigenvalue weighted by Gasteiger charge is -2.23. The molecule has 0 aliphatic carbocycles. The highest BCUT2D eigenvalue weighted by Gasteiger charge is 2.31. The molecule has 1 atom stereocenters. The van der Waals surface area contributed by atoms with Gasteiger partial charge < -0.3 is 4.74 Å². The first kappa shape index (κ1) is 17.4. The van der Waals surface area contributed by atoms with Gasteiger partial charge in [-0.25, -0.2) is 9.78 Å². The van der Waals surface area contributed by atoms with Gasteiger partial charge in [0.25, 0.3) is 5.91 Å². The van der Waals surface area contributed by atoms with Gasteiger partial charge in [-0.2, -0.15) is 0 Å². The lowest BCUT2D eigenvalue weighted by Crippen LogP contribution is -2.38. The van der Waals surface area contributed by atoms with E-state index in [4.69, 9.17) is 4.74 Å². The third-order valence-electron chi connectivity index (χ3n) is 4.44. The van der Waals surface area contributed by atoms with Crippen molar-refractivity contribution in [2.45, 2.75) is 25.9 Å². The molecule has 0 spiro atoms. The fraction of sp³-hybridized carbons (Fsp3) is 0.190. The maximum absolute atomic E-state index is 12.5. The molecule has 1 N–H and O–H groups in total. The van der Waals surface area contributed by atoms with Gasteiger partial charge in [-0.3, -0.25) is 10.1 Å². The largest absolute Gasteiger partial charge is 0.448 e. The molecule has 0 unspecified atom stereocenters. The highest BCUT2D eigenvalue weighted by Crippen LogP contribution is 2.25. The second-order valence-corrected chi connectivity index (χ2v) is 7.66. The average molecular weight is 378 g/mol. The van der Waals surface area contributed by atoms with Crippen molar-refractivity contribution >= 4 is 28.3 Å². The van der Waals surface area contributed by atoms with Crippen LogP contribution in [0.4, 0.5) is 5.13 Å². The Morgan fingerprint density at radius 2 is 2.07 bits per heavy atom. The number of esters is 1. The topological polar surface area (TPSA) is 68.3 Å². The van der Waals surface area contributed by atoms with E-state index in [9.17, 15) is 9.59 Å². The van der Waals surface area contributed by atoms with Crippen molar-refractivity contribution in [1.29, 1.82) is 0 Å². The molecule has 1 amide bonds. The number of carbonyl (C=O) groups is 2. The monoisotopic (exact) mass is 378 g/mol. The van der Waals surface area contributed by atoms with E-state index < -0.39 is 12.1 Å². The number of aromatic nitrogens is 1. The lowest BCUT2D eigenvalue weighted by molar-refractivity contribution is -0.125. The predicted octanol–water partition coefficient (Wildman–Crippen LogP) is 3.76. The molecule has 0 saturated carbocycles. The van der Waals surface area contributed by atoms with Gasteiger partial charge in [0.1, 0.15) is 0 Å². The summed E-state index contributed by atoms with van der Waals surface area (Å²) in [5, 5.41) is 3.28. The smallest absolute Gasteiger partial charge is 0.339 e. The molecule has 0 saturated heterocycles. The molecule has 3 aromatic rings. The lowest BCUT2D eigenvalue weighted by atomic mass is 9.96. The van der Waals surface area contributed by atoms with E-state index in [-0.39, 0.29) is 5.91 Å². The molecule has 27 heavy (non-hydrogen) atoms. The number of amides is 1. The van der Waals surface area contributed by atoms with Crippen LogP contribution in [0, 0.1) is 6.92 Å². The zero-order valence-corrected chi connectivity index (χ0v) is 15.6. The molecule has 6 heteroatoms. The van der Waals surface area contributed by atoms with E-state index in [0.717, 1.165) is 22.4 Å². The number of ether oxygens (including phenoxy) is 1. The zero-order valence-electron chi connectivity index (χ0n) is 14.8. The van der Waals surface area contributed by atoms with Crippen molar-refractivity contribution in [3.8, 4) is 0 Å². The van der Waals surface area contributed by atoms with Crippen molar-refractivity contribution in [1.82, 2.24) is 4.98 Å². The maximum atomic E-state index is 12.5. The first-order valence-electron chi connectivity index (χ1n) is 8.68. The minimum Gasteiger partial charge on any atom is -0.448 e. The summed E-state index contributed by atoms with van der Waals surface area (Å²) in [6.45, 7) is 1.92. The number of cyclic esters (lactones) is 1. The van der Waals surface area contributed by atoms with E-state index in [2.05, 4.69) is 22.4 Å². The third-order valence-corrected chi connectivity index (χ3v) is 5.35. The number of hydrogen-bond acceptors (Lipinski definition) is 5. The van der Waals surface area contributed by atoms with Gasteiger partial charge in [0.2, 0.25) is 0 Å². The van der Waals surface area contributed by atoms with Gasteiger partial charge in [0, 0.05) is 23.9 Å². The Balaban J connectivity index is 1.42. The van der Waals surface area contributed by atoms with Crippen molar-refractivity contribution in [2.75, 3.05) is 5.32 Å². The SMILES string of the molecule is Cc1ccc2c(c1)C(=O)O[C@@H](C(=O)Nc1ncc(Cc3ccccc3)s1)C2. The summed E-state index contributed by atoms with van der Waals surface area (Å²) in [7, 11) is 0. The molecule has 5 nitrogen and oxygen atoms in total. The summed E-state index contributed by atoms with van der Waals surface area (Å²) in [6.07, 6.45) is 2.06. The van der Waals surface area contributed by atoms with Crippen LogP contribution in [0.5, 0.6) is 0 Å². The first-order chi connectivity index (χ1) is 13.1. The molecule has 0 fully saturated rings. The van der Waals surface area contributed by atoms with Crippen molar-refractivity contribution in [3.05, 3.63) is 81.9 Å².